The van der Waals surface area contributed by atoms with Crippen LogP contribution in [0.5, 0.6) is 0 Å². The fraction of sp³-hybridized carbons (Fsp3) is 0.333. The first-order chi connectivity index (χ1) is 9.52. The van der Waals surface area contributed by atoms with Crippen molar-refractivity contribution in [2.24, 2.45) is 0 Å². The summed E-state index contributed by atoms with van der Waals surface area (Å²) < 4.78 is 2.41. The first kappa shape index (κ1) is 16.7. The molecule has 0 fully saturated rings. The predicted molar refractivity (Wildman–Crippen MR) is 101 cm³/mol. The number of hydrogen-bond donors (Lipinski definition) is 1. The van der Waals surface area contributed by atoms with Gasteiger partial charge in [-0.15, -0.1) is 11.3 Å². The van der Waals surface area contributed by atoms with Gasteiger partial charge >= 0.3 is 0 Å². The topological polar surface area (TPSA) is 12.0 Å². The molecule has 0 saturated carbocycles. The first-order valence-corrected chi connectivity index (χ1v) is 9.53. The number of hydrogen-bond acceptors (Lipinski definition) is 2. The van der Waals surface area contributed by atoms with E-state index in [0.29, 0.717) is 0 Å². The van der Waals surface area contributed by atoms with Crippen LogP contribution in [0.2, 0.25) is 5.02 Å². The summed E-state index contributed by atoms with van der Waals surface area (Å²) in [6.07, 6.45) is 1.11. The van der Waals surface area contributed by atoms with Crippen molar-refractivity contribution >= 4 is 61.5 Å². The van der Waals surface area contributed by atoms with Gasteiger partial charge in [0.1, 0.15) is 0 Å². The molecule has 0 aliphatic heterocycles. The molecule has 1 aromatic heterocycles. The van der Waals surface area contributed by atoms with E-state index in [1.807, 2.05) is 6.07 Å². The fourth-order valence-corrected chi connectivity index (χ4v) is 4.73. The third-order valence-corrected chi connectivity index (χ3v) is 5.89. The van der Waals surface area contributed by atoms with Gasteiger partial charge in [0.25, 0.3) is 0 Å². The van der Waals surface area contributed by atoms with E-state index in [4.69, 9.17) is 11.6 Å². The average Bonchev–Trinajstić information content (AvgIpc) is 2.73. The molecule has 1 heterocycles. The summed E-state index contributed by atoms with van der Waals surface area (Å²) in [5.74, 6) is 0. The highest BCUT2D eigenvalue weighted by Gasteiger charge is 2.20. The van der Waals surface area contributed by atoms with Crippen molar-refractivity contribution in [3.05, 3.63) is 52.6 Å². The van der Waals surface area contributed by atoms with Gasteiger partial charge in [-0.3, -0.25) is 0 Å². The van der Waals surface area contributed by atoms with Crippen LogP contribution in [0.25, 0.3) is 0 Å². The molecule has 0 amide bonds. The average molecular weight is 485 g/mol. The largest absolute Gasteiger partial charge is 0.306 e. The van der Waals surface area contributed by atoms with Crippen molar-refractivity contribution in [1.29, 1.82) is 0 Å². The molecule has 1 N–H and O–H groups in total. The Bertz CT molecular complexity index is 600. The van der Waals surface area contributed by atoms with Gasteiger partial charge in [-0.25, -0.2) is 0 Å². The van der Waals surface area contributed by atoms with E-state index in [2.05, 4.69) is 75.9 Å². The fourth-order valence-electron chi connectivity index (χ4n) is 2.16. The van der Waals surface area contributed by atoms with Crippen molar-refractivity contribution in [2.45, 2.75) is 26.3 Å². The molecule has 0 bridgehead atoms. The minimum absolute atomic E-state index is 0.197. The van der Waals surface area contributed by atoms with Crippen LogP contribution in [0.15, 0.2) is 28.1 Å². The van der Waals surface area contributed by atoms with Crippen LogP contribution in [-0.2, 0) is 0 Å². The van der Waals surface area contributed by atoms with Gasteiger partial charge in [-0.05, 0) is 93.8 Å². The van der Waals surface area contributed by atoms with Gasteiger partial charge in [0, 0.05) is 13.5 Å². The van der Waals surface area contributed by atoms with E-state index in [9.17, 15) is 0 Å². The SMILES string of the molecule is CCCNC(c1cc(Cl)ccc1I)c1cc(Br)sc1C. The lowest BCUT2D eigenvalue weighted by atomic mass is 9.99. The van der Waals surface area contributed by atoms with E-state index in [0.717, 1.165) is 18.0 Å². The molecule has 0 radical (unpaired) electrons. The maximum atomic E-state index is 6.19. The Hall–Kier alpha value is 0.380. The Labute approximate surface area is 151 Å². The van der Waals surface area contributed by atoms with Gasteiger partial charge in [-0.1, -0.05) is 18.5 Å². The summed E-state index contributed by atoms with van der Waals surface area (Å²) in [6, 6.07) is 8.50. The van der Waals surface area contributed by atoms with Crippen LogP contribution >= 0.6 is 61.5 Å². The zero-order chi connectivity index (χ0) is 14.7. The maximum absolute atomic E-state index is 6.19. The molecule has 20 heavy (non-hydrogen) atoms. The van der Waals surface area contributed by atoms with Crippen molar-refractivity contribution in [1.82, 2.24) is 5.32 Å². The summed E-state index contributed by atoms with van der Waals surface area (Å²) in [4.78, 5) is 1.33. The molecular formula is C15H16BrClINS. The third kappa shape index (κ3) is 3.97. The molecule has 1 aromatic carbocycles. The number of thiophene rings is 1. The van der Waals surface area contributed by atoms with Crippen LogP contribution in [0, 0.1) is 10.5 Å². The molecule has 1 atom stereocenters. The van der Waals surface area contributed by atoms with Gasteiger partial charge in [0.2, 0.25) is 0 Å². The molecule has 1 nitrogen and oxygen atoms in total. The maximum Gasteiger partial charge on any atom is 0.0704 e. The molecule has 0 spiro atoms. The van der Waals surface area contributed by atoms with E-state index < -0.39 is 0 Å². The quantitative estimate of drug-likeness (QED) is 0.501. The standard InChI is InChI=1S/C15H16BrClINS/c1-3-6-19-15(11-8-14(16)20-9(11)2)12-7-10(17)4-5-13(12)18/h4-5,7-8,15,19H,3,6H2,1-2H3. The molecule has 0 saturated heterocycles. The summed E-state index contributed by atoms with van der Waals surface area (Å²) in [6.45, 7) is 5.34. The van der Waals surface area contributed by atoms with Gasteiger partial charge < -0.3 is 5.32 Å². The second-order valence-corrected chi connectivity index (χ2v) is 8.85. The molecule has 108 valence electrons. The zero-order valence-corrected chi connectivity index (χ0v) is 16.7. The lowest BCUT2D eigenvalue weighted by Gasteiger charge is -2.21. The van der Waals surface area contributed by atoms with E-state index in [1.165, 1.54) is 23.4 Å². The minimum atomic E-state index is 0.197. The smallest absolute Gasteiger partial charge is 0.0704 e. The Morgan fingerprint density at radius 1 is 1.35 bits per heavy atom. The van der Waals surface area contributed by atoms with Crippen molar-refractivity contribution in [3.63, 3.8) is 0 Å². The van der Waals surface area contributed by atoms with Crippen LogP contribution < -0.4 is 5.32 Å². The number of aryl methyl sites for hydroxylation is 1. The Kier molecular flexibility index (Phi) is 6.35. The third-order valence-electron chi connectivity index (χ3n) is 3.10. The number of benzene rings is 1. The summed E-state index contributed by atoms with van der Waals surface area (Å²) in [5, 5.41) is 4.43. The van der Waals surface area contributed by atoms with Gasteiger partial charge in [0.15, 0.2) is 0 Å². The predicted octanol–water partition coefficient (Wildman–Crippen LogP) is 6.17. The summed E-state index contributed by atoms with van der Waals surface area (Å²) >= 11 is 13.9. The molecule has 0 aliphatic carbocycles. The highest BCUT2D eigenvalue weighted by Crippen LogP contribution is 2.36. The zero-order valence-electron chi connectivity index (χ0n) is 11.3. The Balaban J connectivity index is 2.46. The van der Waals surface area contributed by atoms with Crippen molar-refractivity contribution < 1.29 is 0 Å². The highest BCUT2D eigenvalue weighted by atomic mass is 127. The van der Waals surface area contributed by atoms with Crippen LogP contribution in [0.3, 0.4) is 0 Å². The molecule has 2 aromatic rings. The number of rotatable bonds is 5. The Morgan fingerprint density at radius 3 is 2.70 bits per heavy atom. The van der Waals surface area contributed by atoms with Crippen molar-refractivity contribution in [3.8, 4) is 0 Å². The van der Waals surface area contributed by atoms with Crippen LogP contribution in [0.4, 0.5) is 0 Å². The molecule has 2 rings (SSSR count). The van der Waals surface area contributed by atoms with E-state index >= 15 is 0 Å². The highest BCUT2D eigenvalue weighted by molar-refractivity contribution is 14.1. The van der Waals surface area contributed by atoms with Gasteiger partial charge in [0.05, 0.1) is 9.83 Å². The summed E-state index contributed by atoms with van der Waals surface area (Å²) in [5.41, 5.74) is 2.58. The lowest BCUT2D eigenvalue weighted by molar-refractivity contribution is 0.596. The number of halogens is 3. The Morgan fingerprint density at radius 2 is 2.10 bits per heavy atom. The van der Waals surface area contributed by atoms with E-state index in [1.54, 1.807) is 11.3 Å². The van der Waals surface area contributed by atoms with Crippen LogP contribution in [-0.4, -0.2) is 6.54 Å². The van der Waals surface area contributed by atoms with E-state index in [-0.39, 0.29) is 6.04 Å². The molecule has 1 unspecified atom stereocenters. The lowest BCUT2D eigenvalue weighted by Crippen LogP contribution is -2.24. The second-order valence-electron chi connectivity index (χ2n) is 4.62. The minimum Gasteiger partial charge on any atom is -0.306 e. The monoisotopic (exact) mass is 483 g/mol. The normalized spacial score (nSPS) is 12.7. The first-order valence-electron chi connectivity index (χ1n) is 6.47. The number of nitrogens with one attached hydrogen (secondary N) is 1. The van der Waals surface area contributed by atoms with Gasteiger partial charge in [-0.2, -0.15) is 0 Å². The van der Waals surface area contributed by atoms with Crippen molar-refractivity contribution in [2.75, 3.05) is 6.54 Å². The second kappa shape index (κ2) is 7.58. The molecular weight excluding hydrogens is 469 g/mol. The van der Waals surface area contributed by atoms with Crippen LogP contribution in [0.1, 0.15) is 35.4 Å². The molecule has 5 heteroatoms. The molecule has 0 aliphatic rings. The summed E-state index contributed by atoms with van der Waals surface area (Å²) in [7, 11) is 0.